The summed E-state index contributed by atoms with van der Waals surface area (Å²) in [6.07, 6.45) is 1.57. The molecule has 1 amide bonds. The summed E-state index contributed by atoms with van der Waals surface area (Å²) in [5.74, 6) is 2.24. The molecule has 1 aromatic carbocycles. The van der Waals surface area contributed by atoms with Crippen molar-refractivity contribution in [3.05, 3.63) is 36.0 Å². The van der Waals surface area contributed by atoms with Gasteiger partial charge >= 0.3 is 0 Å². The molecule has 0 saturated heterocycles. The number of fused-ring (bicyclic) bond motifs is 1. The molecule has 0 saturated carbocycles. The van der Waals surface area contributed by atoms with E-state index < -0.39 is 0 Å². The van der Waals surface area contributed by atoms with Gasteiger partial charge in [-0.3, -0.25) is 4.79 Å². The minimum absolute atomic E-state index is 0.103. The smallest absolute Gasteiger partial charge is 0.227 e. The summed E-state index contributed by atoms with van der Waals surface area (Å²) in [6.45, 7) is 2.81. The quantitative estimate of drug-likeness (QED) is 0.865. The Kier molecular flexibility index (Phi) is 5.52. The molecule has 2 heterocycles. The number of amides is 1. The number of hydrogen-bond acceptors (Lipinski definition) is 6. The van der Waals surface area contributed by atoms with Crippen molar-refractivity contribution in [1.82, 2.24) is 15.5 Å². The third-order valence-electron chi connectivity index (χ3n) is 4.07. The van der Waals surface area contributed by atoms with Gasteiger partial charge in [-0.2, -0.15) is 4.98 Å². The number of nitrogens with zero attached hydrogens (tertiary/aromatic N) is 3. The molecule has 128 valence electrons. The largest absolute Gasteiger partial charge is 0.339 e. The number of nitrogens with one attached hydrogen (secondary N) is 1. The van der Waals surface area contributed by atoms with Gasteiger partial charge in [0.2, 0.25) is 11.8 Å². The zero-order chi connectivity index (χ0) is 16.9. The summed E-state index contributed by atoms with van der Waals surface area (Å²) in [4.78, 5) is 20.0. The predicted octanol–water partition coefficient (Wildman–Crippen LogP) is 2.29. The van der Waals surface area contributed by atoms with Crippen LogP contribution in [0.5, 0.6) is 0 Å². The minimum atomic E-state index is 0.103. The van der Waals surface area contributed by atoms with Crippen LogP contribution in [0.25, 0.3) is 0 Å². The molecule has 1 aliphatic heterocycles. The Morgan fingerprint density at radius 1 is 1.46 bits per heavy atom. The zero-order valence-corrected chi connectivity index (χ0v) is 14.8. The molecular weight excluding hydrogens is 324 g/mol. The molecule has 1 aromatic heterocycles. The van der Waals surface area contributed by atoms with Crippen molar-refractivity contribution >= 4 is 23.4 Å². The first-order valence-corrected chi connectivity index (χ1v) is 9.17. The fraction of sp³-hybridized carbons (Fsp3) is 0.471. The summed E-state index contributed by atoms with van der Waals surface area (Å²) in [7, 11) is 1.90. The fourth-order valence-corrected chi connectivity index (χ4v) is 3.62. The number of anilines is 1. The second-order valence-electron chi connectivity index (χ2n) is 5.86. The van der Waals surface area contributed by atoms with E-state index >= 15 is 0 Å². The van der Waals surface area contributed by atoms with Gasteiger partial charge in [-0.25, -0.2) is 0 Å². The standard InChI is InChI=1S/C17H22N4O2S/c1-12(18-2)11-15-19-16(23-20-15)7-8-17(22)21-9-10-24-14-6-4-3-5-13(14)21/h3-6,12,18H,7-11H2,1-2H3. The first-order valence-electron chi connectivity index (χ1n) is 8.18. The molecule has 0 bridgehead atoms. The third kappa shape index (κ3) is 3.96. The summed E-state index contributed by atoms with van der Waals surface area (Å²) in [5, 5.41) is 7.12. The van der Waals surface area contributed by atoms with Crippen LogP contribution >= 0.6 is 11.8 Å². The van der Waals surface area contributed by atoms with E-state index in [1.165, 1.54) is 4.90 Å². The maximum Gasteiger partial charge on any atom is 0.227 e. The van der Waals surface area contributed by atoms with E-state index in [9.17, 15) is 4.79 Å². The lowest BCUT2D eigenvalue weighted by atomic mass is 10.2. The van der Waals surface area contributed by atoms with Gasteiger partial charge in [0.05, 0.1) is 5.69 Å². The summed E-state index contributed by atoms with van der Waals surface area (Å²) < 4.78 is 5.25. The van der Waals surface area contributed by atoms with E-state index in [1.54, 1.807) is 11.8 Å². The molecule has 0 radical (unpaired) electrons. The van der Waals surface area contributed by atoms with Gasteiger partial charge < -0.3 is 14.7 Å². The van der Waals surface area contributed by atoms with E-state index in [0.717, 1.165) is 18.0 Å². The molecule has 0 fully saturated rings. The molecule has 0 aliphatic carbocycles. The van der Waals surface area contributed by atoms with Crippen LogP contribution in [-0.2, 0) is 17.6 Å². The summed E-state index contributed by atoms with van der Waals surface area (Å²) >= 11 is 1.79. The molecule has 6 nitrogen and oxygen atoms in total. The Balaban J connectivity index is 1.59. The van der Waals surface area contributed by atoms with Crippen LogP contribution in [0.3, 0.4) is 0 Å². The van der Waals surface area contributed by atoms with Crippen molar-refractivity contribution in [2.75, 3.05) is 24.2 Å². The van der Waals surface area contributed by atoms with Gasteiger partial charge in [-0.15, -0.1) is 11.8 Å². The average Bonchev–Trinajstić information content (AvgIpc) is 3.06. The second-order valence-corrected chi connectivity index (χ2v) is 7.00. The Morgan fingerprint density at radius 3 is 3.12 bits per heavy atom. The van der Waals surface area contributed by atoms with Crippen molar-refractivity contribution in [2.45, 2.75) is 37.1 Å². The number of hydrogen-bond donors (Lipinski definition) is 1. The summed E-state index contributed by atoms with van der Waals surface area (Å²) in [6, 6.07) is 8.33. The lowest BCUT2D eigenvalue weighted by Gasteiger charge is -2.28. The lowest BCUT2D eigenvalue weighted by Crippen LogP contribution is -2.35. The van der Waals surface area contributed by atoms with Crippen LogP contribution in [0, 0.1) is 0 Å². The monoisotopic (exact) mass is 346 g/mol. The first-order chi connectivity index (χ1) is 11.7. The number of carbonyl (C=O) groups excluding carboxylic acids is 1. The zero-order valence-electron chi connectivity index (χ0n) is 14.0. The average molecular weight is 346 g/mol. The highest BCUT2D eigenvalue weighted by molar-refractivity contribution is 7.99. The second kappa shape index (κ2) is 7.81. The van der Waals surface area contributed by atoms with E-state index in [0.29, 0.717) is 37.0 Å². The summed E-state index contributed by atoms with van der Waals surface area (Å²) in [5.41, 5.74) is 1.01. The molecular formula is C17H22N4O2S. The SMILES string of the molecule is CNC(C)Cc1noc(CCC(=O)N2CCSc3ccccc32)n1. The Bertz CT molecular complexity index is 703. The Morgan fingerprint density at radius 2 is 2.29 bits per heavy atom. The number of carbonyl (C=O) groups is 1. The number of benzene rings is 1. The van der Waals surface area contributed by atoms with Crippen LogP contribution in [-0.4, -0.2) is 41.4 Å². The molecule has 24 heavy (non-hydrogen) atoms. The van der Waals surface area contributed by atoms with Crippen molar-refractivity contribution in [2.24, 2.45) is 0 Å². The highest BCUT2D eigenvalue weighted by Gasteiger charge is 2.23. The first kappa shape index (κ1) is 17.0. The van der Waals surface area contributed by atoms with E-state index in [2.05, 4.69) is 28.4 Å². The van der Waals surface area contributed by atoms with Crippen molar-refractivity contribution in [3.8, 4) is 0 Å². The minimum Gasteiger partial charge on any atom is -0.339 e. The van der Waals surface area contributed by atoms with Crippen LogP contribution in [0.1, 0.15) is 25.1 Å². The highest BCUT2D eigenvalue weighted by Crippen LogP contribution is 2.34. The van der Waals surface area contributed by atoms with Crippen LogP contribution in [0.2, 0.25) is 0 Å². The maximum atomic E-state index is 12.6. The normalized spacial score (nSPS) is 15.2. The lowest BCUT2D eigenvalue weighted by molar-refractivity contribution is -0.118. The number of rotatable bonds is 6. The molecule has 1 unspecified atom stereocenters. The van der Waals surface area contributed by atoms with Crippen LogP contribution in [0.4, 0.5) is 5.69 Å². The van der Waals surface area contributed by atoms with Gasteiger partial charge in [0.1, 0.15) is 0 Å². The van der Waals surface area contributed by atoms with Gasteiger partial charge in [0, 0.05) is 42.5 Å². The molecule has 1 atom stereocenters. The number of aromatic nitrogens is 2. The fourth-order valence-electron chi connectivity index (χ4n) is 2.63. The molecule has 3 rings (SSSR count). The number of likely N-dealkylation sites (N-methyl/N-ethyl adjacent to an activating group) is 1. The van der Waals surface area contributed by atoms with Crippen molar-refractivity contribution in [1.29, 1.82) is 0 Å². The van der Waals surface area contributed by atoms with Crippen LogP contribution < -0.4 is 10.2 Å². The van der Waals surface area contributed by atoms with E-state index in [4.69, 9.17) is 4.52 Å². The molecule has 1 N–H and O–H groups in total. The Labute approximate surface area is 146 Å². The maximum absolute atomic E-state index is 12.6. The third-order valence-corrected chi connectivity index (χ3v) is 5.12. The highest BCUT2D eigenvalue weighted by atomic mass is 32.2. The van der Waals surface area contributed by atoms with Gasteiger partial charge in [-0.1, -0.05) is 17.3 Å². The van der Waals surface area contributed by atoms with Crippen molar-refractivity contribution < 1.29 is 9.32 Å². The number of thioether (sulfide) groups is 1. The topological polar surface area (TPSA) is 71.3 Å². The van der Waals surface area contributed by atoms with E-state index in [-0.39, 0.29) is 5.91 Å². The van der Waals surface area contributed by atoms with Crippen molar-refractivity contribution in [3.63, 3.8) is 0 Å². The van der Waals surface area contributed by atoms with Gasteiger partial charge in [0.25, 0.3) is 0 Å². The van der Waals surface area contributed by atoms with Gasteiger partial charge in [-0.05, 0) is 26.1 Å². The Hall–Kier alpha value is -1.86. The number of aryl methyl sites for hydroxylation is 1. The predicted molar refractivity (Wildman–Crippen MR) is 94.4 cm³/mol. The molecule has 0 spiro atoms. The number of para-hydroxylation sites is 1. The molecule has 7 heteroatoms. The van der Waals surface area contributed by atoms with Gasteiger partial charge in [0.15, 0.2) is 5.82 Å². The molecule has 1 aliphatic rings. The molecule has 2 aromatic rings. The van der Waals surface area contributed by atoms with Crippen LogP contribution in [0.15, 0.2) is 33.7 Å². The van der Waals surface area contributed by atoms with E-state index in [1.807, 2.05) is 30.1 Å².